The third-order valence-electron chi connectivity index (χ3n) is 4.91. The summed E-state index contributed by atoms with van der Waals surface area (Å²) in [5, 5.41) is 5.64. The van der Waals surface area contributed by atoms with Gasteiger partial charge in [-0.2, -0.15) is 0 Å². The molecule has 0 aromatic heterocycles. The Kier molecular flexibility index (Phi) is 10.8. The first-order valence-electron chi connectivity index (χ1n) is 12.0. The molecule has 1 rings (SSSR count). The van der Waals surface area contributed by atoms with Gasteiger partial charge >= 0.3 is 6.09 Å². The summed E-state index contributed by atoms with van der Waals surface area (Å²) in [6.07, 6.45) is 3.66. The van der Waals surface area contributed by atoms with Crippen molar-refractivity contribution in [3.63, 3.8) is 0 Å². The van der Waals surface area contributed by atoms with Gasteiger partial charge in [0, 0.05) is 12.1 Å². The molecule has 0 heterocycles. The monoisotopic (exact) mass is 473 g/mol. The van der Waals surface area contributed by atoms with Crippen LogP contribution in [0.5, 0.6) is 0 Å². The molecule has 0 aliphatic carbocycles. The highest BCUT2D eigenvalue weighted by molar-refractivity contribution is 5.92. The number of rotatable bonds is 10. The Balaban J connectivity index is 3.39. The molecule has 3 amide bonds. The Labute approximate surface area is 205 Å². The molecule has 0 fully saturated rings. The van der Waals surface area contributed by atoms with Gasteiger partial charge in [0.15, 0.2) is 0 Å². The van der Waals surface area contributed by atoms with E-state index in [0.717, 1.165) is 24.8 Å². The van der Waals surface area contributed by atoms with E-state index in [1.807, 2.05) is 45.0 Å². The van der Waals surface area contributed by atoms with Crippen molar-refractivity contribution >= 4 is 24.0 Å². The molecule has 34 heavy (non-hydrogen) atoms. The van der Waals surface area contributed by atoms with E-state index in [2.05, 4.69) is 24.1 Å². The fraction of sp³-hybridized carbons (Fsp3) is 0.593. The summed E-state index contributed by atoms with van der Waals surface area (Å²) in [5.41, 5.74) is 0.373. The molecule has 190 valence electrons. The summed E-state index contributed by atoms with van der Waals surface area (Å²) in [7, 11) is 0. The van der Waals surface area contributed by atoms with Gasteiger partial charge in [0.2, 0.25) is 11.8 Å². The van der Waals surface area contributed by atoms with Crippen LogP contribution in [0.25, 0.3) is 6.08 Å². The van der Waals surface area contributed by atoms with Crippen LogP contribution in [0.15, 0.2) is 30.8 Å². The molecule has 0 saturated carbocycles. The zero-order chi connectivity index (χ0) is 26.1. The fourth-order valence-corrected chi connectivity index (χ4v) is 3.46. The van der Waals surface area contributed by atoms with E-state index in [9.17, 15) is 14.4 Å². The van der Waals surface area contributed by atoms with Crippen LogP contribution >= 0.6 is 0 Å². The summed E-state index contributed by atoms with van der Waals surface area (Å²) in [6, 6.07) is 5.72. The lowest BCUT2D eigenvalue weighted by Gasteiger charge is -2.35. The highest BCUT2D eigenvalue weighted by atomic mass is 16.6. The minimum absolute atomic E-state index is 0.275. The molecule has 1 aromatic carbocycles. The van der Waals surface area contributed by atoms with Crippen LogP contribution in [0, 0.1) is 0 Å². The molecule has 0 saturated heterocycles. The number of nitrogens with zero attached hydrogens (tertiary/aromatic N) is 1. The number of hydrogen-bond donors (Lipinski definition) is 2. The van der Waals surface area contributed by atoms with Crippen LogP contribution in [-0.2, 0) is 14.3 Å². The third kappa shape index (κ3) is 9.98. The second-order valence-electron chi connectivity index (χ2n) is 10.6. The van der Waals surface area contributed by atoms with E-state index in [1.165, 1.54) is 0 Å². The molecule has 2 N–H and O–H groups in total. The van der Waals surface area contributed by atoms with E-state index in [-0.39, 0.29) is 11.8 Å². The molecule has 2 unspecified atom stereocenters. The van der Waals surface area contributed by atoms with Crippen LogP contribution < -0.4 is 10.6 Å². The van der Waals surface area contributed by atoms with Crippen molar-refractivity contribution < 1.29 is 19.1 Å². The highest BCUT2D eigenvalue weighted by Crippen LogP contribution is 2.25. The summed E-state index contributed by atoms with van der Waals surface area (Å²) in [6.45, 7) is 18.9. The molecule has 7 nitrogen and oxygen atoms in total. The molecule has 0 aliphatic heterocycles. The number of benzene rings is 1. The van der Waals surface area contributed by atoms with Gasteiger partial charge in [-0.1, -0.05) is 50.6 Å². The predicted molar refractivity (Wildman–Crippen MR) is 137 cm³/mol. The first kappa shape index (κ1) is 29.2. The first-order chi connectivity index (χ1) is 15.7. The van der Waals surface area contributed by atoms with Crippen LogP contribution in [0.2, 0.25) is 0 Å². The number of alkyl carbamates (subject to hydrolysis) is 1. The fourth-order valence-electron chi connectivity index (χ4n) is 3.46. The zero-order valence-corrected chi connectivity index (χ0v) is 22.2. The zero-order valence-electron chi connectivity index (χ0n) is 22.2. The van der Waals surface area contributed by atoms with Crippen molar-refractivity contribution in [2.75, 3.05) is 6.54 Å². The van der Waals surface area contributed by atoms with E-state index in [0.29, 0.717) is 12.1 Å². The van der Waals surface area contributed by atoms with Gasteiger partial charge in [0.05, 0.1) is 0 Å². The second-order valence-corrected chi connectivity index (χ2v) is 10.6. The van der Waals surface area contributed by atoms with Gasteiger partial charge in [0.1, 0.15) is 17.7 Å². The Bertz CT molecular complexity index is 852. The van der Waals surface area contributed by atoms with Crippen LogP contribution in [0.4, 0.5) is 4.79 Å². The molecule has 2 atom stereocenters. The maximum atomic E-state index is 13.6. The van der Waals surface area contributed by atoms with Crippen LogP contribution in [0.3, 0.4) is 0 Å². The van der Waals surface area contributed by atoms with Gasteiger partial charge in [-0.3, -0.25) is 9.59 Å². The van der Waals surface area contributed by atoms with Gasteiger partial charge in [-0.25, -0.2) is 4.79 Å². The number of amides is 3. The summed E-state index contributed by atoms with van der Waals surface area (Å²) >= 11 is 0. The van der Waals surface area contributed by atoms with Crippen molar-refractivity contribution in [2.24, 2.45) is 0 Å². The van der Waals surface area contributed by atoms with Gasteiger partial charge in [0.25, 0.3) is 0 Å². The quantitative estimate of drug-likeness (QED) is 0.456. The first-order valence-corrected chi connectivity index (χ1v) is 12.0. The highest BCUT2D eigenvalue weighted by Gasteiger charge is 2.35. The average Bonchev–Trinajstić information content (AvgIpc) is 2.69. The van der Waals surface area contributed by atoms with Crippen molar-refractivity contribution in [1.82, 2.24) is 15.5 Å². The number of carbonyl (C=O) groups is 3. The van der Waals surface area contributed by atoms with Crippen LogP contribution in [-0.4, -0.2) is 46.5 Å². The Morgan fingerprint density at radius 3 is 2.29 bits per heavy atom. The van der Waals surface area contributed by atoms with Gasteiger partial charge in [-0.15, -0.1) is 0 Å². The van der Waals surface area contributed by atoms with Crippen molar-refractivity contribution in [3.8, 4) is 0 Å². The average molecular weight is 474 g/mol. The number of ether oxygens (including phenoxy) is 1. The maximum absolute atomic E-state index is 13.6. The van der Waals surface area contributed by atoms with E-state index < -0.39 is 29.3 Å². The third-order valence-corrected chi connectivity index (χ3v) is 4.91. The smallest absolute Gasteiger partial charge is 0.408 e. The largest absolute Gasteiger partial charge is 0.444 e. The van der Waals surface area contributed by atoms with Gasteiger partial charge < -0.3 is 20.3 Å². The Hall–Kier alpha value is -2.83. The lowest BCUT2D eigenvalue weighted by Crippen LogP contribution is -2.54. The standard InChI is InChI=1S/C27H43N3O4/c1-10-12-13-17-30(24(32)19(3)28-25(33)34-27(7,8)9)22(23(31)29-26(4,5)6)21-16-14-15-20(11-2)18-21/h11,14-16,18-19,22H,2,10,12-13,17H2,1,3-9H3,(H,28,33)(H,29,31). The summed E-state index contributed by atoms with van der Waals surface area (Å²) < 4.78 is 5.31. The second kappa shape index (κ2) is 12.6. The number of hydrogen-bond acceptors (Lipinski definition) is 4. The molecule has 1 aromatic rings. The van der Waals surface area contributed by atoms with Crippen molar-refractivity contribution in [1.29, 1.82) is 0 Å². The van der Waals surface area contributed by atoms with Crippen LogP contribution in [0.1, 0.15) is 91.8 Å². The van der Waals surface area contributed by atoms with Crippen molar-refractivity contribution in [3.05, 3.63) is 42.0 Å². The molecule has 0 spiro atoms. The molecule has 0 aliphatic rings. The molecular weight excluding hydrogens is 430 g/mol. The van der Waals surface area contributed by atoms with E-state index >= 15 is 0 Å². The summed E-state index contributed by atoms with van der Waals surface area (Å²) in [4.78, 5) is 41.0. The lowest BCUT2D eigenvalue weighted by molar-refractivity contribution is -0.142. The van der Waals surface area contributed by atoms with Crippen molar-refractivity contribution in [2.45, 2.75) is 97.9 Å². The molecular formula is C27H43N3O4. The molecule has 7 heteroatoms. The molecule has 0 bridgehead atoms. The Morgan fingerprint density at radius 1 is 1.12 bits per heavy atom. The minimum atomic E-state index is -0.871. The summed E-state index contributed by atoms with van der Waals surface area (Å²) in [5.74, 6) is -0.622. The number of nitrogens with one attached hydrogen (secondary N) is 2. The lowest BCUT2D eigenvalue weighted by atomic mass is 9.98. The van der Waals surface area contributed by atoms with Gasteiger partial charge in [-0.05, 0) is 72.1 Å². The van der Waals surface area contributed by atoms with E-state index in [1.54, 1.807) is 38.7 Å². The normalized spacial score (nSPS) is 13.4. The molecule has 0 radical (unpaired) electrons. The maximum Gasteiger partial charge on any atom is 0.408 e. The predicted octanol–water partition coefficient (Wildman–Crippen LogP) is 5.22. The topological polar surface area (TPSA) is 87.7 Å². The number of unbranched alkanes of at least 4 members (excludes halogenated alkanes) is 2. The number of carbonyl (C=O) groups excluding carboxylic acids is 3. The minimum Gasteiger partial charge on any atom is -0.444 e. The Morgan fingerprint density at radius 2 is 1.76 bits per heavy atom. The SMILES string of the molecule is C=Cc1cccc(C(C(=O)NC(C)(C)C)N(CCCCC)C(=O)C(C)NC(=O)OC(C)(C)C)c1. The van der Waals surface area contributed by atoms with E-state index in [4.69, 9.17) is 4.74 Å².